The Morgan fingerprint density at radius 1 is 0.911 bits per heavy atom. The summed E-state index contributed by atoms with van der Waals surface area (Å²) in [5.41, 5.74) is 9.98. The van der Waals surface area contributed by atoms with Gasteiger partial charge in [-0.3, -0.25) is 4.79 Å². The zero-order valence-electron chi connectivity index (χ0n) is 24.3. The highest BCUT2D eigenvalue weighted by atomic mass is 32.2. The van der Waals surface area contributed by atoms with E-state index in [0.717, 1.165) is 28.0 Å². The van der Waals surface area contributed by atoms with Gasteiger partial charge in [0.05, 0.1) is 10.2 Å². The van der Waals surface area contributed by atoms with Crippen molar-refractivity contribution in [2.75, 3.05) is 26.8 Å². The number of guanidine groups is 1. The van der Waals surface area contributed by atoms with E-state index in [-0.39, 0.29) is 30.1 Å². The third kappa shape index (κ3) is 7.63. The van der Waals surface area contributed by atoms with Gasteiger partial charge in [0.25, 0.3) is 10.0 Å². The number of esters is 1. The van der Waals surface area contributed by atoms with Gasteiger partial charge in [-0.2, -0.15) is 4.40 Å². The maximum Gasteiger partial charge on any atom is 0.325 e. The van der Waals surface area contributed by atoms with Crippen LogP contribution < -0.4 is 15.6 Å². The highest BCUT2D eigenvalue weighted by Gasteiger charge is 2.38. The van der Waals surface area contributed by atoms with Crippen molar-refractivity contribution >= 4 is 55.5 Å². The first-order chi connectivity index (χ1) is 21.7. The first-order valence-electron chi connectivity index (χ1n) is 13.8. The van der Waals surface area contributed by atoms with E-state index in [1.807, 2.05) is 54.6 Å². The summed E-state index contributed by atoms with van der Waals surface area (Å²) in [7, 11) is -2.21. The third-order valence-electron chi connectivity index (χ3n) is 6.77. The first kappa shape index (κ1) is 32.0. The lowest BCUT2D eigenvalue weighted by molar-refractivity contribution is -0.144. The largest absolute Gasteiger partial charge is 0.490 e. The molecule has 0 aliphatic carbocycles. The highest BCUT2D eigenvalue weighted by Crippen LogP contribution is 2.49. The molecule has 4 aromatic carbocycles. The van der Waals surface area contributed by atoms with Crippen molar-refractivity contribution in [2.24, 2.45) is 15.3 Å². The van der Waals surface area contributed by atoms with Crippen LogP contribution in [0, 0.1) is 0 Å². The summed E-state index contributed by atoms with van der Waals surface area (Å²) in [6.45, 7) is -0.0240. The molecule has 1 heterocycles. The average Bonchev–Trinajstić information content (AvgIpc) is 3.49. The number of sulfonamides is 1. The molecule has 0 aliphatic heterocycles. The van der Waals surface area contributed by atoms with Gasteiger partial charge >= 0.3 is 5.97 Å². The van der Waals surface area contributed by atoms with Gasteiger partial charge in [-0.05, 0) is 46.8 Å². The molecule has 5 rings (SSSR count). The van der Waals surface area contributed by atoms with E-state index in [1.54, 1.807) is 25.2 Å². The number of hydrogen-bond donors (Lipinski definition) is 2. The Labute approximate surface area is 269 Å². The van der Waals surface area contributed by atoms with Gasteiger partial charge in [0.1, 0.15) is 30.3 Å². The summed E-state index contributed by atoms with van der Waals surface area (Å²) in [6.07, 6.45) is 0. The quantitative estimate of drug-likeness (QED) is 0.0482. The molecule has 13 heteroatoms. The van der Waals surface area contributed by atoms with Crippen molar-refractivity contribution < 1.29 is 22.7 Å². The fraction of sp³-hybridized carbons (Fsp3) is 0.156. The van der Waals surface area contributed by atoms with Crippen LogP contribution >= 0.6 is 23.3 Å². The molecule has 0 bridgehead atoms. The van der Waals surface area contributed by atoms with Gasteiger partial charge in [-0.25, -0.2) is 18.5 Å². The summed E-state index contributed by atoms with van der Waals surface area (Å²) >= 11 is 2.27. The van der Waals surface area contributed by atoms with Crippen LogP contribution in [0.25, 0.3) is 10.2 Å². The van der Waals surface area contributed by atoms with E-state index in [0.29, 0.717) is 16.0 Å². The van der Waals surface area contributed by atoms with E-state index < -0.39 is 20.7 Å². The molecule has 1 aromatic heterocycles. The number of ether oxygens (including phenoxy) is 2. The molecular formula is C32H31N5O5S3. The number of likely N-dealkylation sites (N-methyl/N-ethyl adjacent to an activating group) is 1. The van der Waals surface area contributed by atoms with Gasteiger partial charge in [-0.1, -0.05) is 91.0 Å². The van der Waals surface area contributed by atoms with Gasteiger partial charge in [-0.15, -0.1) is 11.3 Å². The lowest BCUT2D eigenvalue weighted by Crippen LogP contribution is -2.38. The average molecular weight is 662 g/mol. The Balaban J connectivity index is 1.22. The van der Waals surface area contributed by atoms with E-state index in [2.05, 4.69) is 41.4 Å². The summed E-state index contributed by atoms with van der Waals surface area (Å²) in [5.74, 6) is 0.143. The molecule has 232 valence electrons. The number of fused-ring (bicyclic) bond motifs is 1. The van der Waals surface area contributed by atoms with Crippen LogP contribution in [0.15, 0.2) is 118 Å². The van der Waals surface area contributed by atoms with Crippen molar-refractivity contribution in [2.45, 2.75) is 9.09 Å². The maximum atomic E-state index is 12.6. The maximum absolute atomic E-state index is 12.6. The molecule has 5 aromatic rings. The SMILES string of the molecule is CN(CC(=O)OCCOc1ccc2nc(S(N)(=O)=O)sc2c1)/C(N)=N\SC(c1ccccc1)(c1ccccc1)c1ccccc1. The smallest absolute Gasteiger partial charge is 0.325 e. The fourth-order valence-electron chi connectivity index (χ4n) is 4.59. The van der Waals surface area contributed by atoms with E-state index in [9.17, 15) is 13.2 Å². The van der Waals surface area contributed by atoms with Crippen molar-refractivity contribution in [3.05, 3.63) is 126 Å². The number of nitrogens with two attached hydrogens (primary N) is 2. The number of carbonyl (C=O) groups is 1. The molecule has 0 unspecified atom stereocenters. The second kappa shape index (κ2) is 14.1. The first-order valence-corrected chi connectivity index (χ1v) is 16.9. The van der Waals surface area contributed by atoms with Crippen molar-refractivity contribution in [1.82, 2.24) is 9.88 Å². The van der Waals surface area contributed by atoms with Crippen molar-refractivity contribution in [3.63, 3.8) is 0 Å². The van der Waals surface area contributed by atoms with Crippen LogP contribution in [0.3, 0.4) is 0 Å². The van der Waals surface area contributed by atoms with Gasteiger partial charge < -0.3 is 20.1 Å². The Kier molecular flexibility index (Phi) is 10.0. The predicted octanol–water partition coefficient (Wildman–Crippen LogP) is 4.75. The molecule has 0 aliphatic rings. The monoisotopic (exact) mass is 661 g/mol. The zero-order valence-corrected chi connectivity index (χ0v) is 26.7. The highest BCUT2D eigenvalue weighted by molar-refractivity contribution is 7.99. The minimum absolute atomic E-state index is 0.000754. The molecule has 4 N–H and O–H groups in total. The summed E-state index contributed by atoms with van der Waals surface area (Å²) in [5, 5.41) is 5.17. The second-order valence-electron chi connectivity index (χ2n) is 9.90. The van der Waals surface area contributed by atoms with Gasteiger partial charge in [0.2, 0.25) is 10.3 Å². The number of nitrogens with zero attached hydrogens (tertiary/aromatic N) is 3. The van der Waals surface area contributed by atoms with Crippen LogP contribution in [0.2, 0.25) is 0 Å². The van der Waals surface area contributed by atoms with Crippen molar-refractivity contribution in [1.29, 1.82) is 0 Å². The van der Waals surface area contributed by atoms with Crippen LogP contribution in [0.5, 0.6) is 5.75 Å². The third-order valence-corrected chi connectivity index (χ3v) is 10.4. The Hall–Kier alpha value is -4.43. The number of carbonyl (C=O) groups excluding carboxylic acids is 1. The number of primary sulfonamides is 1. The van der Waals surface area contributed by atoms with Crippen LogP contribution in [0.1, 0.15) is 16.7 Å². The Bertz CT molecular complexity index is 1790. The molecule has 0 amide bonds. The molecule has 45 heavy (non-hydrogen) atoms. The molecule has 10 nitrogen and oxygen atoms in total. The molecule has 0 saturated heterocycles. The number of hydrogen-bond acceptors (Lipinski definition) is 9. The summed E-state index contributed by atoms with van der Waals surface area (Å²) in [6, 6.07) is 35.3. The lowest BCUT2D eigenvalue weighted by Gasteiger charge is -2.33. The standard InChI is InChI=1S/C32H31N5O5S3/c1-37(22-29(38)42-20-19-41-26-17-18-27-28(21-26)43-31(35-27)45(34,39)40)30(33)36-44-32(23-11-5-2-6-12-23,24-13-7-3-8-14-24)25-15-9-4-10-16-25/h2-18,21H,19-20,22H2,1H3,(H2,33,36)(H2,34,39,40). The van der Waals surface area contributed by atoms with Crippen LogP contribution in [-0.4, -0.2) is 57.0 Å². The van der Waals surface area contributed by atoms with E-state index in [1.165, 1.54) is 16.8 Å². The number of aromatic nitrogens is 1. The number of rotatable bonds is 12. The summed E-state index contributed by atoms with van der Waals surface area (Å²) < 4.78 is 38.6. The molecule has 0 atom stereocenters. The fourth-order valence-corrected chi connectivity index (χ4v) is 7.37. The zero-order chi connectivity index (χ0) is 31.9. The molecule has 0 saturated carbocycles. The van der Waals surface area contributed by atoms with Gasteiger partial charge in [0, 0.05) is 7.05 Å². The lowest BCUT2D eigenvalue weighted by atomic mass is 9.84. The van der Waals surface area contributed by atoms with E-state index >= 15 is 0 Å². The van der Waals surface area contributed by atoms with E-state index in [4.69, 9.17) is 24.7 Å². The molecule has 0 spiro atoms. The Morgan fingerprint density at radius 2 is 1.47 bits per heavy atom. The Morgan fingerprint density at radius 3 is 2.00 bits per heavy atom. The minimum atomic E-state index is -3.89. The number of benzene rings is 4. The van der Waals surface area contributed by atoms with Crippen LogP contribution in [0.4, 0.5) is 0 Å². The molecule has 0 radical (unpaired) electrons. The van der Waals surface area contributed by atoms with Crippen LogP contribution in [-0.2, 0) is 24.3 Å². The summed E-state index contributed by atoms with van der Waals surface area (Å²) in [4.78, 5) is 18.1. The van der Waals surface area contributed by atoms with Gasteiger partial charge in [0.15, 0.2) is 0 Å². The molecular weight excluding hydrogens is 631 g/mol. The normalized spacial score (nSPS) is 12.2. The molecule has 0 fully saturated rings. The van der Waals surface area contributed by atoms with Crippen molar-refractivity contribution in [3.8, 4) is 5.75 Å². The topological polar surface area (TPSA) is 150 Å². The second-order valence-corrected chi connectivity index (χ2v) is 13.6. The number of thiazole rings is 1. The minimum Gasteiger partial charge on any atom is -0.490 e. The predicted molar refractivity (Wildman–Crippen MR) is 178 cm³/mol.